The SMILES string of the molecule is COc1ccc(Cl)cc1C(N)C1=CCCCO1. The molecule has 0 saturated carbocycles. The van der Waals surface area contributed by atoms with Crippen LogP contribution in [0.2, 0.25) is 5.02 Å². The van der Waals surface area contributed by atoms with Crippen molar-refractivity contribution in [1.29, 1.82) is 0 Å². The molecule has 0 spiro atoms. The molecule has 1 aromatic rings. The summed E-state index contributed by atoms with van der Waals surface area (Å²) < 4.78 is 10.9. The lowest BCUT2D eigenvalue weighted by atomic mass is 10.0. The Hall–Kier alpha value is -1.19. The van der Waals surface area contributed by atoms with Gasteiger partial charge >= 0.3 is 0 Å². The molecule has 3 nitrogen and oxygen atoms in total. The number of methoxy groups -OCH3 is 1. The molecule has 1 atom stereocenters. The maximum atomic E-state index is 6.18. The van der Waals surface area contributed by atoms with Crippen LogP contribution < -0.4 is 10.5 Å². The van der Waals surface area contributed by atoms with Crippen molar-refractivity contribution in [3.8, 4) is 5.75 Å². The molecule has 1 heterocycles. The van der Waals surface area contributed by atoms with E-state index in [2.05, 4.69) is 0 Å². The third-order valence-electron chi connectivity index (χ3n) is 2.80. The van der Waals surface area contributed by atoms with Gasteiger partial charge in [-0.1, -0.05) is 11.6 Å². The van der Waals surface area contributed by atoms with Crippen molar-refractivity contribution < 1.29 is 9.47 Å². The topological polar surface area (TPSA) is 44.5 Å². The summed E-state index contributed by atoms with van der Waals surface area (Å²) in [7, 11) is 1.62. The summed E-state index contributed by atoms with van der Waals surface area (Å²) in [6, 6.07) is 5.11. The van der Waals surface area contributed by atoms with Gasteiger partial charge in [-0.3, -0.25) is 0 Å². The smallest absolute Gasteiger partial charge is 0.124 e. The highest BCUT2D eigenvalue weighted by molar-refractivity contribution is 6.30. The van der Waals surface area contributed by atoms with E-state index in [0.717, 1.165) is 36.5 Å². The minimum atomic E-state index is -0.316. The molecule has 4 heteroatoms. The van der Waals surface area contributed by atoms with Crippen LogP contribution in [-0.2, 0) is 4.74 Å². The summed E-state index contributed by atoms with van der Waals surface area (Å²) in [6.07, 6.45) is 4.09. The standard InChI is InChI=1S/C13H16ClNO2/c1-16-11-6-5-9(14)8-10(11)13(15)12-4-2-3-7-17-12/h4-6,8,13H,2-3,7,15H2,1H3. The van der Waals surface area contributed by atoms with Crippen LogP contribution in [0.1, 0.15) is 24.4 Å². The van der Waals surface area contributed by atoms with Gasteiger partial charge in [0.05, 0.1) is 19.8 Å². The normalized spacial score (nSPS) is 17.0. The number of halogens is 1. The second-order valence-electron chi connectivity index (χ2n) is 3.96. The van der Waals surface area contributed by atoms with Gasteiger partial charge in [0, 0.05) is 10.6 Å². The molecule has 0 aromatic heterocycles. The van der Waals surface area contributed by atoms with Crippen LogP contribution in [0.4, 0.5) is 0 Å². The van der Waals surface area contributed by atoms with Gasteiger partial charge in [0.1, 0.15) is 11.5 Å². The van der Waals surface area contributed by atoms with E-state index < -0.39 is 0 Å². The highest BCUT2D eigenvalue weighted by atomic mass is 35.5. The van der Waals surface area contributed by atoms with Gasteiger partial charge in [0.2, 0.25) is 0 Å². The number of allylic oxidation sites excluding steroid dienone is 1. The van der Waals surface area contributed by atoms with Gasteiger partial charge in [-0.05, 0) is 37.1 Å². The van der Waals surface area contributed by atoms with Crippen molar-refractivity contribution in [2.45, 2.75) is 18.9 Å². The summed E-state index contributed by atoms with van der Waals surface area (Å²) in [5.74, 6) is 1.54. The van der Waals surface area contributed by atoms with E-state index in [0.29, 0.717) is 5.02 Å². The van der Waals surface area contributed by atoms with Crippen molar-refractivity contribution >= 4 is 11.6 Å². The summed E-state index contributed by atoms with van der Waals surface area (Å²) in [4.78, 5) is 0. The zero-order valence-electron chi connectivity index (χ0n) is 9.78. The molecule has 2 N–H and O–H groups in total. The molecule has 0 amide bonds. The predicted molar refractivity (Wildman–Crippen MR) is 68.2 cm³/mol. The molecule has 1 aromatic carbocycles. The Bertz CT molecular complexity index is 431. The Morgan fingerprint density at radius 3 is 2.94 bits per heavy atom. The van der Waals surface area contributed by atoms with Crippen LogP contribution in [0.25, 0.3) is 0 Å². The van der Waals surface area contributed by atoms with E-state index >= 15 is 0 Å². The first-order chi connectivity index (χ1) is 8.22. The first kappa shape index (κ1) is 12.3. The number of nitrogens with two attached hydrogens (primary N) is 1. The third-order valence-corrected chi connectivity index (χ3v) is 3.03. The predicted octanol–water partition coefficient (Wildman–Crippen LogP) is 3.04. The minimum absolute atomic E-state index is 0.316. The fourth-order valence-electron chi connectivity index (χ4n) is 1.89. The number of hydrogen-bond acceptors (Lipinski definition) is 3. The monoisotopic (exact) mass is 253 g/mol. The molecule has 17 heavy (non-hydrogen) atoms. The number of benzene rings is 1. The maximum Gasteiger partial charge on any atom is 0.124 e. The van der Waals surface area contributed by atoms with Crippen molar-refractivity contribution in [2.24, 2.45) is 5.73 Å². The molecule has 92 valence electrons. The average Bonchev–Trinajstić information content (AvgIpc) is 2.39. The second kappa shape index (κ2) is 5.43. The molecular weight excluding hydrogens is 238 g/mol. The molecular formula is C13H16ClNO2. The molecule has 1 aliphatic rings. The van der Waals surface area contributed by atoms with Crippen molar-refractivity contribution in [2.75, 3.05) is 13.7 Å². The van der Waals surface area contributed by atoms with E-state index in [1.807, 2.05) is 18.2 Å². The minimum Gasteiger partial charge on any atom is -0.496 e. The van der Waals surface area contributed by atoms with Crippen LogP contribution in [-0.4, -0.2) is 13.7 Å². The summed E-state index contributed by atoms with van der Waals surface area (Å²) in [5, 5.41) is 0.646. The fourth-order valence-corrected chi connectivity index (χ4v) is 2.08. The fraction of sp³-hybridized carbons (Fsp3) is 0.385. The zero-order chi connectivity index (χ0) is 12.3. The number of hydrogen-bond donors (Lipinski definition) is 1. The Kier molecular flexibility index (Phi) is 3.92. The maximum absolute atomic E-state index is 6.18. The highest BCUT2D eigenvalue weighted by Crippen LogP contribution is 2.32. The highest BCUT2D eigenvalue weighted by Gasteiger charge is 2.19. The summed E-state index contributed by atoms with van der Waals surface area (Å²) in [6.45, 7) is 0.725. The Morgan fingerprint density at radius 1 is 1.47 bits per heavy atom. The lowest BCUT2D eigenvalue weighted by Crippen LogP contribution is -2.18. The van der Waals surface area contributed by atoms with Crippen molar-refractivity contribution in [1.82, 2.24) is 0 Å². The first-order valence-electron chi connectivity index (χ1n) is 5.64. The van der Waals surface area contributed by atoms with Gasteiger partial charge in [0.15, 0.2) is 0 Å². The van der Waals surface area contributed by atoms with Gasteiger partial charge in [0.25, 0.3) is 0 Å². The summed E-state index contributed by atoms with van der Waals surface area (Å²) in [5.41, 5.74) is 7.04. The number of rotatable bonds is 3. The van der Waals surface area contributed by atoms with E-state index in [-0.39, 0.29) is 6.04 Å². The van der Waals surface area contributed by atoms with Gasteiger partial charge < -0.3 is 15.2 Å². The molecule has 1 aliphatic heterocycles. The van der Waals surface area contributed by atoms with Crippen LogP contribution in [0.5, 0.6) is 5.75 Å². The second-order valence-corrected chi connectivity index (χ2v) is 4.40. The van der Waals surface area contributed by atoms with E-state index in [1.165, 1.54) is 0 Å². The van der Waals surface area contributed by atoms with Crippen LogP contribution >= 0.6 is 11.6 Å². The zero-order valence-corrected chi connectivity index (χ0v) is 10.5. The van der Waals surface area contributed by atoms with Crippen LogP contribution in [0.15, 0.2) is 30.0 Å². The molecule has 2 rings (SSSR count). The van der Waals surface area contributed by atoms with E-state index in [9.17, 15) is 0 Å². The average molecular weight is 254 g/mol. The van der Waals surface area contributed by atoms with Crippen molar-refractivity contribution in [3.05, 3.63) is 40.6 Å². The molecule has 0 aliphatic carbocycles. The molecule has 0 saturated heterocycles. The first-order valence-corrected chi connectivity index (χ1v) is 6.02. The largest absolute Gasteiger partial charge is 0.496 e. The number of ether oxygens (including phenoxy) is 2. The van der Waals surface area contributed by atoms with Crippen molar-refractivity contribution in [3.63, 3.8) is 0 Å². The van der Waals surface area contributed by atoms with E-state index in [4.69, 9.17) is 26.8 Å². The van der Waals surface area contributed by atoms with Crippen LogP contribution in [0.3, 0.4) is 0 Å². The Morgan fingerprint density at radius 2 is 2.29 bits per heavy atom. The van der Waals surface area contributed by atoms with Gasteiger partial charge in [-0.25, -0.2) is 0 Å². The molecule has 0 bridgehead atoms. The summed E-state index contributed by atoms with van der Waals surface area (Å²) >= 11 is 5.99. The lowest BCUT2D eigenvalue weighted by molar-refractivity contribution is 0.175. The molecule has 0 fully saturated rings. The Labute approximate surface area is 106 Å². The molecule has 0 radical (unpaired) electrons. The molecule has 1 unspecified atom stereocenters. The van der Waals surface area contributed by atoms with E-state index in [1.54, 1.807) is 13.2 Å². The Balaban J connectivity index is 2.31. The van der Waals surface area contributed by atoms with Gasteiger partial charge in [-0.2, -0.15) is 0 Å². The van der Waals surface area contributed by atoms with Crippen LogP contribution in [0, 0.1) is 0 Å². The lowest BCUT2D eigenvalue weighted by Gasteiger charge is -2.22. The third kappa shape index (κ3) is 2.73. The quantitative estimate of drug-likeness (QED) is 0.901. The van der Waals surface area contributed by atoms with Gasteiger partial charge in [-0.15, -0.1) is 0 Å².